The van der Waals surface area contributed by atoms with Gasteiger partial charge in [0.1, 0.15) is 12.5 Å². The van der Waals surface area contributed by atoms with Crippen molar-refractivity contribution in [3.63, 3.8) is 0 Å². The summed E-state index contributed by atoms with van der Waals surface area (Å²) in [7, 11) is -3.45. The van der Waals surface area contributed by atoms with Crippen LogP contribution in [0.1, 0.15) is 0 Å². The van der Waals surface area contributed by atoms with Gasteiger partial charge in [0.15, 0.2) is 0 Å². The van der Waals surface area contributed by atoms with Gasteiger partial charge in [-0.1, -0.05) is 0 Å². The first-order valence-corrected chi connectivity index (χ1v) is 4.57. The molecule has 0 aromatic carbocycles. The van der Waals surface area contributed by atoms with E-state index in [1.165, 1.54) is 17.3 Å². The molecule has 1 rings (SSSR count). The Balaban J connectivity index is 2.52. The summed E-state index contributed by atoms with van der Waals surface area (Å²) >= 11 is 0. The van der Waals surface area contributed by atoms with Crippen molar-refractivity contribution in [3.05, 3.63) is 12.4 Å². The molecule has 0 fully saturated rings. The maximum atomic E-state index is 10.5. The normalized spacial score (nSPS) is 17.4. The van der Waals surface area contributed by atoms with E-state index in [0.717, 1.165) is 0 Å². The Morgan fingerprint density at radius 1 is 1.64 bits per heavy atom. The van der Waals surface area contributed by atoms with Crippen molar-refractivity contribution in [3.8, 4) is 0 Å². The highest BCUT2D eigenvalue weighted by molar-refractivity contribution is 7.89. The molecule has 0 aromatic heterocycles. The first kappa shape index (κ1) is 8.15. The Kier molecular flexibility index (Phi) is 2.20. The van der Waals surface area contributed by atoms with E-state index in [4.69, 9.17) is 5.14 Å². The lowest BCUT2D eigenvalue weighted by atomic mass is 10.7. The van der Waals surface area contributed by atoms with Crippen molar-refractivity contribution >= 4 is 10.0 Å². The molecule has 1 aliphatic rings. The van der Waals surface area contributed by atoms with Gasteiger partial charge in [-0.05, 0) is 0 Å². The molecule has 0 amide bonds. The summed E-state index contributed by atoms with van der Waals surface area (Å²) in [6, 6.07) is 0. The Morgan fingerprint density at radius 2 is 2.36 bits per heavy atom. The minimum atomic E-state index is -3.45. The number of hydrogen-bond acceptors (Lipinski definition) is 5. The van der Waals surface area contributed by atoms with Crippen LogP contribution in [-0.2, 0) is 10.0 Å². The zero-order valence-electron chi connectivity index (χ0n) is 5.71. The van der Waals surface area contributed by atoms with Crippen LogP contribution in [0.5, 0.6) is 0 Å². The van der Waals surface area contributed by atoms with Crippen LogP contribution in [0.3, 0.4) is 0 Å². The summed E-state index contributed by atoms with van der Waals surface area (Å²) in [4.78, 5) is 1.45. The summed E-state index contributed by atoms with van der Waals surface area (Å²) in [6.07, 6.45) is 2.94. The SMILES string of the molecule is NS(=O)(=O)CN1C=CN=NC1. The number of primary sulfonamides is 1. The second-order valence-corrected chi connectivity index (χ2v) is 3.66. The quantitative estimate of drug-likeness (QED) is 0.611. The van der Waals surface area contributed by atoms with E-state index in [9.17, 15) is 8.42 Å². The average molecular weight is 176 g/mol. The predicted molar refractivity (Wildman–Crippen MR) is 38.7 cm³/mol. The van der Waals surface area contributed by atoms with Crippen molar-refractivity contribution < 1.29 is 8.42 Å². The smallest absolute Gasteiger partial charge is 0.227 e. The van der Waals surface area contributed by atoms with Gasteiger partial charge in [0.05, 0.1) is 6.20 Å². The number of hydrogen-bond donors (Lipinski definition) is 1. The maximum Gasteiger partial charge on any atom is 0.227 e. The zero-order chi connectivity index (χ0) is 8.32. The summed E-state index contributed by atoms with van der Waals surface area (Å²) < 4.78 is 21.1. The third-order valence-corrected chi connectivity index (χ3v) is 1.71. The lowest BCUT2D eigenvalue weighted by Gasteiger charge is -2.16. The second-order valence-electron chi connectivity index (χ2n) is 2.08. The highest BCUT2D eigenvalue weighted by Gasteiger charge is 2.08. The lowest BCUT2D eigenvalue weighted by Crippen LogP contribution is -2.30. The fourth-order valence-electron chi connectivity index (χ4n) is 0.651. The number of nitrogens with zero attached hydrogens (tertiary/aromatic N) is 3. The van der Waals surface area contributed by atoms with Crippen molar-refractivity contribution in [1.82, 2.24) is 4.90 Å². The molecular weight excluding hydrogens is 168 g/mol. The van der Waals surface area contributed by atoms with Crippen molar-refractivity contribution in [1.29, 1.82) is 0 Å². The van der Waals surface area contributed by atoms with Gasteiger partial charge in [-0.3, -0.25) is 0 Å². The number of nitrogens with two attached hydrogens (primary N) is 1. The molecule has 1 heterocycles. The molecule has 0 saturated carbocycles. The van der Waals surface area contributed by atoms with Crippen molar-refractivity contribution in [2.75, 3.05) is 12.5 Å². The van der Waals surface area contributed by atoms with Crippen LogP contribution in [0.2, 0.25) is 0 Å². The molecule has 11 heavy (non-hydrogen) atoms. The molecule has 1 aliphatic heterocycles. The molecule has 0 spiro atoms. The molecule has 0 bridgehead atoms. The first-order valence-electron chi connectivity index (χ1n) is 2.86. The van der Waals surface area contributed by atoms with Gasteiger partial charge in [-0.25, -0.2) is 13.6 Å². The van der Waals surface area contributed by atoms with Gasteiger partial charge in [0.25, 0.3) is 0 Å². The number of rotatable bonds is 2. The molecule has 0 aliphatic carbocycles. The van der Waals surface area contributed by atoms with E-state index in [0.29, 0.717) is 0 Å². The van der Waals surface area contributed by atoms with Gasteiger partial charge in [0.2, 0.25) is 10.0 Å². The Labute approximate surface area is 64.4 Å². The first-order chi connectivity index (χ1) is 5.08. The third kappa shape index (κ3) is 3.10. The minimum absolute atomic E-state index is 0.220. The number of sulfonamides is 1. The van der Waals surface area contributed by atoms with E-state index in [2.05, 4.69) is 10.2 Å². The van der Waals surface area contributed by atoms with E-state index < -0.39 is 10.0 Å². The molecule has 0 saturated heterocycles. The summed E-state index contributed by atoms with van der Waals surface area (Å²) in [5.74, 6) is -0.220. The van der Waals surface area contributed by atoms with Crippen LogP contribution >= 0.6 is 0 Å². The molecule has 2 N–H and O–H groups in total. The van der Waals surface area contributed by atoms with Crippen LogP contribution in [-0.4, -0.2) is 25.9 Å². The largest absolute Gasteiger partial charge is 0.340 e. The van der Waals surface area contributed by atoms with Gasteiger partial charge < -0.3 is 4.90 Å². The predicted octanol–water partition coefficient (Wildman–Crippen LogP) is -0.571. The molecule has 0 aromatic rings. The van der Waals surface area contributed by atoms with Crippen LogP contribution in [0.15, 0.2) is 22.6 Å². The van der Waals surface area contributed by atoms with Crippen molar-refractivity contribution in [2.24, 2.45) is 15.4 Å². The molecule has 6 nitrogen and oxygen atoms in total. The zero-order valence-corrected chi connectivity index (χ0v) is 6.53. The molecule has 0 radical (unpaired) electrons. The number of azo groups is 1. The highest BCUT2D eigenvalue weighted by atomic mass is 32.2. The summed E-state index contributed by atoms with van der Waals surface area (Å²) in [6.45, 7) is 0.243. The summed E-state index contributed by atoms with van der Waals surface area (Å²) in [5.41, 5.74) is 0. The maximum absolute atomic E-state index is 10.5. The van der Waals surface area contributed by atoms with Gasteiger partial charge in [-0.15, -0.1) is 0 Å². The molecule has 7 heteroatoms. The lowest BCUT2D eigenvalue weighted by molar-refractivity contribution is 0.417. The fourth-order valence-corrected chi connectivity index (χ4v) is 1.28. The van der Waals surface area contributed by atoms with Crippen LogP contribution < -0.4 is 5.14 Å². The molecule has 0 atom stereocenters. The van der Waals surface area contributed by atoms with E-state index in [1.807, 2.05) is 0 Å². The Morgan fingerprint density at radius 3 is 2.82 bits per heavy atom. The van der Waals surface area contributed by atoms with E-state index >= 15 is 0 Å². The van der Waals surface area contributed by atoms with Crippen molar-refractivity contribution in [2.45, 2.75) is 0 Å². The molecular formula is C4H8N4O2S. The average Bonchev–Trinajstić information content (AvgIpc) is 1.85. The molecule has 0 unspecified atom stereocenters. The summed E-state index contributed by atoms with van der Waals surface area (Å²) in [5, 5.41) is 11.9. The Bertz CT molecular complexity index is 280. The Hall–Kier alpha value is -0.950. The van der Waals surface area contributed by atoms with E-state index in [1.54, 1.807) is 0 Å². The van der Waals surface area contributed by atoms with Crippen LogP contribution in [0.4, 0.5) is 0 Å². The molecule has 62 valence electrons. The topological polar surface area (TPSA) is 88.1 Å². The third-order valence-electron chi connectivity index (χ3n) is 1.02. The second kappa shape index (κ2) is 2.97. The van der Waals surface area contributed by atoms with Gasteiger partial charge in [0, 0.05) is 6.20 Å². The standard InChI is InChI=1S/C4H8N4O2S/c5-11(9,10)4-8-2-1-6-7-3-8/h1-2H,3-4H2,(H2,5,9,10). The van der Waals surface area contributed by atoms with Crippen LogP contribution in [0.25, 0.3) is 0 Å². The highest BCUT2D eigenvalue weighted by Crippen LogP contribution is 1.99. The van der Waals surface area contributed by atoms with E-state index in [-0.39, 0.29) is 12.5 Å². The fraction of sp³-hybridized carbons (Fsp3) is 0.500. The monoisotopic (exact) mass is 176 g/mol. The minimum Gasteiger partial charge on any atom is -0.340 e. The van der Waals surface area contributed by atoms with Crippen LogP contribution in [0, 0.1) is 0 Å². The van der Waals surface area contributed by atoms with Gasteiger partial charge in [-0.2, -0.15) is 10.2 Å². The van der Waals surface area contributed by atoms with Gasteiger partial charge >= 0.3 is 0 Å².